The molecular weight excluding hydrogens is 384 g/mol. The smallest absolute Gasteiger partial charge is 0.251 e. The van der Waals surface area contributed by atoms with E-state index in [-0.39, 0.29) is 5.91 Å². The Morgan fingerprint density at radius 1 is 1.00 bits per heavy atom. The van der Waals surface area contributed by atoms with E-state index in [1.165, 1.54) is 0 Å². The molecule has 0 fully saturated rings. The topological polar surface area (TPSA) is 59.8 Å². The number of hydrogen-bond donors (Lipinski definition) is 1. The van der Waals surface area contributed by atoms with Gasteiger partial charge in [-0.1, -0.05) is 41.9 Å². The third-order valence-corrected chi connectivity index (χ3v) is 5.19. The van der Waals surface area contributed by atoms with E-state index in [9.17, 15) is 4.79 Å². The van der Waals surface area contributed by atoms with Gasteiger partial charge in [-0.2, -0.15) is 0 Å². The number of pyridine rings is 1. The number of carbonyl (C=O) groups excluding carboxylic acids is 1. The van der Waals surface area contributed by atoms with Crippen LogP contribution in [0.4, 0.5) is 0 Å². The summed E-state index contributed by atoms with van der Waals surface area (Å²) in [6.45, 7) is 1.25. The number of rotatable bonds is 7. The summed E-state index contributed by atoms with van der Waals surface area (Å²) in [4.78, 5) is 20.9. The summed E-state index contributed by atoms with van der Waals surface area (Å²) < 4.78 is 2.21. The summed E-state index contributed by atoms with van der Waals surface area (Å²) in [7, 11) is 0. The van der Waals surface area contributed by atoms with E-state index < -0.39 is 0 Å². The first-order valence-electron chi connectivity index (χ1n) is 9.58. The van der Waals surface area contributed by atoms with E-state index in [1.807, 2.05) is 42.5 Å². The van der Waals surface area contributed by atoms with E-state index >= 15 is 0 Å². The average Bonchev–Trinajstić information content (AvgIpc) is 3.10. The number of imidazole rings is 1. The fraction of sp³-hybridized carbons (Fsp3) is 0.174. The molecule has 0 aliphatic heterocycles. The van der Waals surface area contributed by atoms with Crippen LogP contribution in [-0.4, -0.2) is 27.0 Å². The van der Waals surface area contributed by atoms with Gasteiger partial charge >= 0.3 is 0 Å². The van der Waals surface area contributed by atoms with E-state index in [1.54, 1.807) is 24.5 Å². The lowest BCUT2D eigenvalue weighted by molar-refractivity contribution is 0.0953. The van der Waals surface area contributed by atoms with E-state index in [0.717, 1.165) is 40.3 Å². The van der Waals surface area contributed by atoms with Crippen molar-refractivity contribution in [2.45, 2.75) is 19.4 Å². The molecule has 0 unspecified atom stereocenters. The highest BCUT2D eigenvalue weighted by Gasteiger charge is 2.12. The van der Waals surface area contributed by atoms with E-state index in [4.69, 9.17) is 16.6 Å². The van der Waals surface area contributed by atoms with Crippen LogP contribution in [0, 0.1) is 0 Å². The van der Waals surface area contributed by atoms with Crippen LogP contribution < -0.4 is 5.32 Å². The Labute approximate surface area is 174 Å². The van der Waals surface area contributed by atoms with Crippen molar-refractivity contribution in [1.29, 1.82) is 0 Å². The van der Waals surface area contributed by atoms with Crippen molar-refractivity contribution in [3.63, 3.8) is 0 Å². The van der Waals surface area contributed by atoms with Crippen LogP contribution in [0.15, 0.2) is 73.1 Å². The summed E-state index contributed by atoms with van der Waals surface area (Å²) in [5.41, 5.74) is 3.73. The van der Waals surface area contributed by atoms with Gasteiger partial charge in [0.1, 0.15) is 5.82 Å². The molecule has 0 aliphatic carbocycles. The third kappa shape index (κ3) is 4.46. The van der Waals surface area contributed by atoms with Crippen molar-refractivity contribution in [2.75, 3.05) is 6.54 Å². The molecule has 146 valence electrons. The van der Waals surface area contributed by atoms with Gasteiger partial charge in [-0.3, -0.25) is 9.78 Å². The van der Waals surface area contributed by atoms with Crippen LogP contribution in [0.3, 0.4) is 0 Å². The first-order valence-corrected chi connectivity index (χ1v) is 9.96. The van der Waals surface area contributed by atoms with Gasteiger partial charge in [0.25, 0.3) is 5.91 Å². The molecule has 0 spiro atoms. The summed E-state index contributed by atoms with van der Waals surface area (Å²) >= 11 is 6.38. The van der Waals surface area contributed by atoms with Crippen molar-refractivity contribution in [3.8, 4) is 0 Å². The number of nitrogens with one attached hydrogen (secondary N) is 1. The lowest BCUT2D eigenvalue weighted by Gasteiger charge is -2.11. The van der Waals surface area contributed by atoms with Gasteiger partial charge in [-0.25, -0.2) is 4.98 Å². The molecule has 29 heavy (non-hydrogen) atoms. The van der Waals surface area contributed by atoms with E-state index in [2.05, 4.69) is 20.9 Å². The highest BCUT2D eigenvalue weighted by Crippen LogP contribution is 2.22. The fourth-order valence-electron chi connectivity index (χ4n) is 3.34. The number of nitrogens with zero attached hydrogens (tertiary/aromatic N) is 3. The molecule has 0 aliphatic rings. The van der Waals surface area contributed by atoms with Gasteiger partial charge in [0, 0.05) is 35.9 Å². The molecule has 0 saturated heterocycles. The minimum Gasteiger partial charge on any atom is -0.352 e. The zero-order valence-electron chi connectivity index (χ0n) is 15.9. The molecule has 1 N–H and O–H groups in total. The molecule has 1 amide bonds. The Bertz CT molecular complexity index is 1120. The Kier molecular flexibility index (Phi) is 5.86. The standard InChI is InChI=1S/C23H21ClN4O/c24-19-7-2-1-6-18(19)16-28-21-9-4-3-8-20(21)27-22(28)10-5-13-26-23(29)17-11-14-25-15-12-17/h1-4,6-9,11-12,14-15H,5,10,13,16H2,(H,26,29). The Balaban J connectivity index is 1.47. The fourth-order valence-corrected chi connectivity index (χ4v) is 3.54. The number of hydrogen-bond acceptors (Lipinski definition) is 3. The lowest BCUT2D eigenvalue weighted by Crippen LogP contribution is -2.25. The number of benzene rings is 2. The number of para-hydroxylation sites is 2. The largest absolute Gasteiger partial charge is 0.352 e. The highest BCUT2D eigenvalue weighted by molar-refractivity contribution is 6.31. The summed E-state index contributed by atoms with van der Waals surface area (Å²) in [6.07, 6.45) is 4.79. The third-order valence-electron chi connectivity index (χ3n) is 4.83. The number of amides is 1. The maximum absolute atomic E-state index is 12.2. The van der Waals surface area contributed by atoms with Crippen molar-refractivity contribution < 1.29 is 4.79 Å². The molecule has 5 nitrogen and oxygen atoms in total. The lowest BCUT2D eigenvalue weighted by atomic mass is 10.2. The van der Waals surface area contributed by atoms with Gasteiger partial charge in [0.2, 0.25) is 0 Å². The second-order valence-electron chi connectivity index (χ2n) is 6.79. The number of carbonyl (C=O) groups is 1. The summed E-state index contributed by atoms with van der Waals surface area (Å²) in [5, 5.41) is 3.71. The van der Waals surface area contributed by atoms with Crippen LogP contribution in [0.25, 0.3) is 11.0 Å². The average molecular weight is 405 g/mol. The highest BCUT2D eigenvalue weighted by atomic mass is 35.5. The summed E-state index contributed by atoms with van der Waals surface area (Å²) in [6, 6.07) is 19.4. The van der Waals surface area contributed by atoms with Crippen LogP contribution in [0.2, 0.25) is 5.02 Å². The zero-order valence-corrected chi connectivity index (χ0v) is 16.6. The molecule has 0 saturated carbocycles. The normalized spacial score (nSPS) is 10.9. The molecule has 6 heteroatoms. The van der Waals surface area contributed by atoms with Crippen molar-refractivity contribution in [3.05, 3.63) is 95.0 Å². The van der Waals surface area contributed by atoms with Crippen LogP contribution in [-0.2, 0) is 13.0 Å². The minimum absolute atomic E-state index is 0.0861. The molecular formula is C23H21ClN4O. The van der Waals surface area contributed by atoms with Gasteiger partial charge in [0.05, 0.1) is 17.6 Å². The minimum atomic E-state index is -0.0861. The van der Waals surface area contributed by atoms with Crippen LogP contribution in [0.5, 0.6) is 0 Å². The van der Waals surface area contributed by atoms with Gasteiger partial charge in [-0.15, -0.1) is 0 Å². The number of fused-ring (bicyclic) bond motifs is 1. The van der Waals surface area contributed by atoms with Crippen molar-refractivity contribution >= 4 is 28.5 Å². The van der Waals surface area contributed by atoms with Crippen LogP contribution in [0.1, 0.15) is 28.2 Å². The number of halogens is 1. The maximum Gasteiger partial charge on any atom is 0.251 e. The molecule has 4 rings (SSSR count). The molecule has 2 heterocycles. The molecule has 4 aromatic rings. The maximum atomic E-state index is 12.2. The van der Waals surface area contributed by atoms with Crippen molar-refractivity contribution in [1.82, 2.24) is 19.9 Å². The first-order chi connectivity index (χ1) is 14.2. The molecule has 0 bridgehead atoms. The molecule has 2 aromatic heterocycles. The van der Waals surface area contributed by atoms with E-state index in [0.29, 0.717) is 18.7 Å². The SMILES string of the molecule is O=C(NCCCc1nc2ccccc2n1Cc1ccccc1Cl)c1ccncc1. The Hall–Kier alpha value is -3.18. The van der Waals surface area contributed by atoms with Crippen LogP contribution >= 0.6 is 11.6 Å². The Morgan fingerprint density at radius 2 is 1.76 bits per heavy atom. The number of aromatic nitrogens is 3. The Morgan fingerprint density at radius 3 is 2.59 bits per heavy atom. The monoisotopic (exact) mass is 404 g/mol. The molecule has 2 aromatic carbocycles. The summed E-state index contributed by atoms with van der Waals surface area (Å²) in [5.74, 6) is 0.904. The predicted octanol–water partition coefficient (Wildman–Crippen LogP) is 4.50. The quantitative estimate of drug-likeness (QED) is 0.461. The predicted molar refractivity (Wildman–Crippen MR) is 115 cm³/mol. The second kappa shape index (κ2) is 8.88. The molecule has 0 atom stereocenters. The first kappa shape index (κ1) is 19.2. The second-order valence-corrected chi connectivity index (χ2v) is 7.20. The van der Waals surface area contributed by atoms with Gasteiger partial charge < -0.3 is 9.88 Å². The van der Waals surface area contributed by atoms with Crippen molar-refractivity contribution in [2.24, 2.45) is 0 Å². The van der Waals surface area contributed by atoms with Gasteiger partial charge in [-0.05, 0) is 42.3 Å². The molecule has 0 radical (unpaired) electrons. The number of aryl methyl sites for hydroxylation is 1. The van der Waals surface area contributed by atoms with Gasteiger partial charge in [0.15, 0.2) is 0 Å². The zero-order chi connectivity index (χ0) is 20.1.